The van der Waals surface area contributed by atoms with Crippen LogP contribution < -0.4 is 10.5 Å². The minimum atomic E-state index is -0.792. The Balaban J connectivity index is 1.47. The van der Waals surface area contributed by atoms with Gasteiger partial charge in [-0.2, -0.15) is 19.7 Å². The monoisotopic (exact) mass is 570 g/mol. The smallest absolute Gasteiger partial charge is 0.264 e. The van der Waals surface area contributed by atoms with Crippen LogP contribution in [0, 0.1) is 17.3 Å². The average molecular weight is 571 g/mol. The summed E-state index contributed by atoms with van der Waals surface area (Å²) in [5.41, 5.74) is 6.24. The van der Waals surface area contributed by atoms with Gasteiger partial charge in [0.25, 0.3) is 5.91 Å². The molecule has 1 aliphatic rings. The number of anilines is 1. The maximum absolute atomic E-state index is 15.4. The van der Waals surface area contributed by atoms with Crippen LogP contribution in [-0.4, -0.2) is 60.8 Å². The molecule has 1 aliphatic heterocycles. The van der Waals surface area contributed by atoms with Crippen molar-refractivity contribution in [3.8, 4) is 29.0 Å². The normalized spacial score (nSPS) is 15.9. The van der Waals surface area contributed by atoms with Gasteiger partial charge in [-0.05, 0) is 57.9 Å². The molecule has 2 N–H and O–H groups in total. The molecule has 12 heteroatoms. The van der Waals surface area contributed by atoms with Crippen molar-refractivity contribution in [3.63, 3.8) is 0 Å². The zero-order valence-corrected chi connectivity index (χ0v) is 23.6. The molecule has 42 heavy (non-hydrogen) atoms. The van der Waals surface area contributed by atoms with E-state index in [1.54, 1.807) is 59.8 Å². The van der Waals surface area contributed by atoms with Gasteiger partial charge in [0.1, 0.15) is 35.2 Å². The van der Waals surface area contributed by atoms with Crippen LogP contribution in [0.1, 0.15) is 39.7 Å². The van der Waals surface area contributed by atoms with Gasteiger partial charge >= 0.3 is 0 Å². The van der Waals surface area contributed by atoms with Crippen LogP contribution in [0.3, 0.4) is 0 Å². The number of fused-ring (bicyclic) bond motifs is 1. The van der Waals surface area contributed by atoms with Crippen molar-refractivity contribution in [2.75, 3.05) is 25.4 Å². The van der Waals surface area contributed by atoms with Gasteiger partial charge in [-0.25, -0.2) is 14.6 Å². The van der Waals surface area contributed by atoms with Crippen LogP contribution in [0.5, 0.6) is 11.6 Å². The molecule has 0 unspecified atom stereocenters. The van der Waals surface area contributed by atoms with E-state index in [9.17, 15) is 10.1 Å². The largest absolute Gasteiger partial charge is 0.439 e. The number of rotatable bonds is 8. The number of benzene rings is 1. The van der Waals surface area contributed by atoms with Crippen LogP contribution >= 0.6 is 0 Å². The molecule has 0 radical (unpaired) electrons. The van der Waals surface area contributed by atoms with Crippen LogP contribution in [0.25, 0.3) is 22.3 Å². The number of nitrogen functional groups attached to an aromatic ring is 1. The first-order valence-electron chi connectivity index (χ1n) is 13.7. The second-order valence-corrected chi connectivity index (χ2v) is 10.4. The van der Waals surface area contributed by atoms with E-state index in [2.05, 4.69) is 15.0 Å². The first kappa shape index (κ1) is 28.6. The number of halogens is 1. The molecule has 1 aromatic carbocycles. The third-order valence-corrected chi connectivity index (χ3v) is 6.95. The summed E-state index contributed by atoms with van der Waals surface area (Å²) < 4.78 is 28.4. The molecule has 11 nitrogen and oxygen atoms in total. The summed E-state index contributed by atoms with van der Waals surface area (Å²) in [7, 11) is 0. The van der Waals surface area contributed by atoms with E-state index in [1.165, 1.54) is 12.4 Å². The predicted molar refractivity (Wildman–Crippen MR) is 154 cm³/mol. The topological polar surface area (TPSA) is 145 Å². The van der Waals surface area contributed by atoms with Crippen LogP contribution in [-0.2, 0) is 9.53 Å². The highest BCUT2D eigenvalue weighted by Gasteiger charge is 2.31. The number of piperidine rings is 1. The quantitative estimate of drug-likeness (QED) is 0.179. The maximum atomic E-state index is 15.4. The number of hydrogen-bond acceptors (Lipinski definition) is 9. The van der Waals surface area contributed by atoms with Crippen molar-refractivity contribution in [2.24, 2.45) is 0 Å². The fourth-order valence-corrected chi connectivity index (χ4v) is 5.11. The van der Waals surface area contributed by atoms with Gasteiger partial charge in [-0.15, -0.1) is 0 Å². The molecule has 0 spiro atoms. The predicted octanol–water partition coefficient (Wildman–Crippen LogP) is 4.83. The summed E-state index contributed by atoms with van der Waals surface area (Å²) in [6, 6.07) is 13.8. The van der Waals surface area contributed by atoms with E-state index in [0.717, 1.165) is 0 Å². The number of para-hydroxylation sites is 1. The Morgan fingerprint density at radius 2 is 2.02 bits per heavy atom. The number of hydrogen-bond donors (Lipinski definition) is 1. The SMILES string of the molecule is CCOC(C)(C)C=C(C#N)C(=O)N1CCC[C@@H](n2nc(-c3ccc(Oc4ccccc4)nc3F)c3c(N)ncnc32)C1. The van der Waals surface area contributed by atoms with E-state index >= 15 is 4.39 Å². The Labute approximate surface area is 242 Å². The highest BCUT2D eigenvalue weighted by molar-refractivity contribution is 5.99. The maximum Gasteiger partial charge on any atom is 0.264 e. The molecule has 3 aromatic heterocycles. The Morgan fingerprint density at radius 1 is 1.24 bits per heavy atom. The van der Waals surface area contributed by atoms with Crippen molar-refractivity contribution in [1.82, 2.24) is 29.6 Å². The first-order chi connectivity index (χ1) is 20.2. The molecular formula is C30H31FN8O3. The summed E-state index contributed by atoms with van der Waals surface area (Å²) in [5, 5.41) is 14.9. The highest BCUT2D eigenvalue weighted by Crippen LogP contribution is 2.35. The molecule has 0 saturated carbocycles. The van der Waals surface area contributed by atoms with Crippen molar-refractivity contribution in [1.29, 1.82) is 5.26 Å². The van der Waals surface area contributed by atoms with E-state index < -0.39 is 11.5 Å². The number of nitriles is 1. The lowest BCUT2D eigenvalue weighted by atomic mass is 10.0. The molecule has 1 amide bonds. The van der Waals surface area contributed by atoms with Gasteiger partial charge in [0.05, 0.1) is 22.6 Å². The van der Waals surface area contributed by atoms with Gasteiger partial charge in [-0.3, -0.25) is 4.79 Å². The molecular weight excluding hydrogens is 539 g/mol. The average Bonchev–Trinajstić information content (AvgIpc) is 3.37. The van der Waals surface area contributed by atoms with Crippen molar-refractivity contribution in [2.45, 2.75) is 45.3 Å². The summed E-state index contributed by atoms with van der Waals surface area (Å²) in [6.45, 7) is 6.66. The lowest BCUT2D eigenvalue weighted by Crippen LogP contribution is -2.42. The number of nitrogens with two attached hydrogens (primary N) is 1. The zero-order chi connectivity index (χ0) is 29.9. The molecule has 1 atom stereocenters. The molecule has 1 saturated heterocycles. The van der Waals surface area contributed by atoms with Crippen LogP contribution in [0.2, 0.25) is 0 Å². The summed E-state index contributed by atoms with van der Waals surface area (Å²) in [6.07, 6.45) is 4.23. The first-order valence-corrected chi connectivity index (χ1v) is 13.7. The Hall–Kier alpha value is -4.89. The van der Waals surface area contributed by atoms with Gasteiger partial charge in [-0.1, -0.05) is 18.2 Å². The van der Waals surface area contributed by atoms with Crippen LogP contribution in [0.15, 0.2) is 60.4 Å². The van der Waals surface area contributed by atoms with E-state index in [-0.39, 0.29) is 47.0 Å². The summed E-state index contributed by atoms with van der Waals surface area (Å²) >= 11 is 0. The third-order valence-electron chi connectivity index (χ3n) is 6.95. The number of ether oxygens (including phenoxy) is 2. The molecule has 0 aliphatic carbocycles. The Bertz CT molecular complexity index is 1680. The van der Waals surface area contributed by atoms with Gasteiger partial charge in [0.15, 0.2) is 5.65 Å². The van der Waals surface area contributed by atoms with Gasteiger partial charge < -0.3 is 20.1 Å². The van der Waals surface area contributed by atoms with E-state index in [0.29, 0.717) is 42.8 Å². The van der Waals surface area contributed by atoms with Gasteiger partial charge in [0.2, 0.25) is 11.8 Å². The number of aromatic nitrogens is 5. The number of amides is 1. The summed E-state index contributed by atoms with van der Waals surface area (Å²) in [4.78, 5) is 27.5. The number of nitrogens with zero attached hydrogens (tertiary/aromatic N) is 7. The number of carbonyl (C=O) groups is 1. The van der Waals surface area contributed by atoms with Crippen LogP contribution in [0.4, 0.5) is 10.2 Å². The second kappa shape index (κ2) is 11.9. The minimum absolute atomic E-state index is 0.0117. The molecule has 1 fully saturated rings. The van der Waals surface area contributed by atoms with Crippen molar-refractivity contribution >= 4 is 22.8 Å². The molecule has 4 aromatic rings. The molecule has 0 bridgehead atoms. The van der Waals surface area contributed by atoms with Crippen molar-refractivity contribution in [3.05, 3.63) is 66.4 Å². The van der Waals surface area contributed by atoms with E-state index in [1.807, 2.05) is 19.1 Å². The zero-order valence-electron chi connectivity index (χ0n) is 23.6. The fourth-order valence-electron chi connectivity index (χ4n) is 5.11. The highest BCUT2D eigenvalue weighted by atomic mass is 19.1. The summed E-state index contributed by atoms with van der Waals surface area (Å²) in [5.74, 6) is -0.422. The standard InChI is InChI=1S/C30H31FN8O3/c1-4-41-30(2,3)15-19(16-32)29(40)38-14-8-9-20(17-38)39-28-24(27(33)34-18-35-28)25(37-39)22-12-13-23(36-26(22)31)42-21-10-6-5-7-11-21/h5-7,10-13,15,18,20H,4,8-9,14,17H2,1-3H3,(H2,33,34,35)/t20-/m1/s1. The molecule has 216 valence electrons. The number of pyridine rings is 1. The fraction of sp³-hybridized carbons (Fsp3) is 0.333. The second-order valence-electron chi connectivity index (χ2n) is 10.4. The minimum Gasteiger partial charge on any atom is -0.439 e. The number of carbonyl (C=O) groups excluding carboxylic acids is 1. The van der Waals surface area contributed by atoms with Gasteiger partial charge in [0, 0.05) is 25.8 Å². The molecule has 5 rings (SSSR count). The Morgan fingerprint density at radius 3 is 2.74 bits per heavy atom. The lowest BCUT2D eigenvalue weighted by molar-refractivity contribution is -0.128. The lowest BCUT2D eigenvalue weighted by Gasteiger charge is -2.33. The third kappa shape index (κ3) is 5.91. The molecule has 4 heterocycles. The Kier molecular flexibility index (Phi) is 8.13. The van der Waals surface area contributed by atoms with E-state index in [4.69, 9.17) is 20.3 Å². The number of likely N-dealkylation sites (tertiary alicyclic amines) is 1. The van der Waals surface area contributed by atoms with Crippen molar-refractivity contribution < 1.29 is 18.7 Å².